The molecule has 1 unspecified atom stereocenters. The van der Waals surface area contributed by atoms with Crippen molar-refractivity contribution in [2.75, 3.05) is 11.9 Å². The first kappa shape index (κ1) is 14.6. The molecule has 100 valence electrons. The molecule has 2 nitrogen and oxygen atoms in total. The lowest BCUT2D eigenvalue weighted by Gasteiger charge is -2.17. The molecule has 18 heavy (non-hydrogen) atoms. The third-order valence-electron chi connectivity index (χ3n) is 3.54. The molecule has 4 heteroatoms. The van der Waals surface area contributed by atoms with Gasteiger partial charge in [-0.3, -0.25) is 0 Å². The normalized spacial score (nSPS) is 17.9. The highest BCUT2D eigenvalue weighted by Crippen LogP contribution is 2.29. The second-order valence-electron chi connectivity index (χ2n) is 5.05. The number of anilines is 1. The summed E-state index contributed by atoms with van der Waals surface area (Å²) in [7, 11) is 0. The Bertz CT molecular complexity index is 393. The summed E-state index contributed by atoms with van der Waals surface area (Å²) in [5, 5.41) is 13.4. The van der Waals surface area contributed by atoms with Crippen LogP contribution in [0.5, 0.6) is 0 Å². The Morgan fingerprint density at radius 1 is 1.39 bits per heavy atom. The van der Waals surface area contributed by atoms with Crippen molar-refractivity contribution in [2.45, 2.75) is 38.2 Å². The number of benzene rings is 1. The van der Waals surface area contributed by atoms with Crippen LogP contribution in [-0.4, -0.2) is 17.8 Å². The quantitative estimate of drug-likeness (QED) is 0.687. The van der Waals surface area contributed by atoms with Gasteiger partial charge in [0.2, 0.25) is 0 Å². The average Bonchev–Trinajstić information content (AvgIpc) is 2.80. The van der Waals surface area contributed by atoms with Gasteiger partial charge in [0.1, 0.15) is 0 Å². The molecular formula is C14H19BrINO. The second kappa shape index (κ2) is 7.10. The molecule has 1 saturated carbocycles. The van der Waals surface area contributed by atoms with Crippen LogP contribution in [0.2, 0.25) is 0 Å². The lowest BCUT2D eigenvalue weighted by atomic mass is 10.00. The second-order valence-corrected chi connectivity index (χ2v) is 7.15. The molecule has 0 radical (unpaired) electrons. The van der Waals surface area contributed by atoms with Gasteiger partial charge in [0.05, 0.1) is 6.10 Å². The van der Waals surface area contributed by atoms with Gasteiger partial charge in [0.25, 0.3) is 0 Å². The standard InChI is InChI=1S/C14H19BrINO/c15-13-8-11(16)5-6-14(13)17-9-12(18)7-10-3-1-2-4-10/h5-6,8,10,12,17-18H,1-4,7,9H2. The van der Waals surface area contributed by atoms with E-state index in [9.17, 15) is 5.11 Å². The molecule has 0 aromatic heterocycles. The zero-order valence-corrected chi connectivity index (χ0v) is 14.1. The van der Waals surface area contributed by atoms with Crippen LogP contribution in [0.4, 0.5) is 5.69 Å². The topological polar surface area (TPSA) is 32.3 Å². The van der Waals surface area contributed by atoms with E-state index in [2.05, 4.69) is 56.0 Å². The fourth-order valence-electron chi connectivity index (χ4n) is 2.57. The number of rotatable bonds is 5. The monoisotopic (exact) mass is 423 g/mol. The Balaban J connectivity index is 1.79. The van der Waals surface area contributed by atoms with Crippen LogP contribution in [-0.2, 0) is 0 Å². The number of aliphatic hydroxyl groups is 1. The minimum absolute atomic E-state index is 0.237. The molecule has 0 amide bonds. The SMILES string of the molecule is OC(CNc1ccc(I)cc1Br)CC1CCCC1. The summed E-state index contributed by atoms with van der Waals surface area (Å²) >= 11 is 5.83. The van der Waals surface area contributed by atoms with Gasteiger partial charge in [0, 0.05) is 20.3 Å². The summed E-state index contributed by atoms with van der Waals surface area (Å²) in [6.45, 7) is 0.635. The third kappa shape index (κ3) is 4.38. The largest absolute Gasteiger partial charge is 0.391 e. The predicted molar refractivity (Wildman–Crippen MR) is 87.9 cm³/mol. The highest BCUT2D eigenvalue weighted by molar-refractivity contribution is 14.1. The summed E-state index contributed by atoms with van der Waals surface area (Å²) in [4.78, 5) is 0. The van der Waals surface area contributed by atoms with Crippen LogP contribution in [0.25, 0.3) is 0 Å². The first-order valence-electron chi connectivity index (χ1n) is 6.52. The van der Waals surface area contributed by atoms with Gasteiger partial charge in [-0.25, -0.2) is 0 Å². The maximum atomic E-state index is 10.0. The van der Waals surface area contributed by atoms with E-state index in [1.807, 2.05) is 6.07 Å². The lowest BCUT2D eigenvalue weighted by Crippen LogP contribution is -2.22. The van der Waals surface area contributed by atoms with Crippen LogP contribution in [0.3, 0.4) is 0 Å². The lowest BCUT2D eigenvalue weighted by molar-refractivity contribution is 0.155. The molecular weight excluding hydrogens is 405 g/mol. The van der Waals surface area contributed by atoms with Crippen LogP contribution >= 0.6 is 38.5 Å². The number of hydrogen-bond donors (Lipinski definition) is 2. The van der Waals surface area contributed by atoms with Crippen molar-refractivity contribution < 1.29 is 5.11 Å². The Kier molecular flexibility index (Phi) is 5.76. The Morgan fingerprint density at radius 2 is 2.11 bits per heavy atom. The molecule has 0 heterocycles. The van der Waals surface area contributed by atoms with E-state index in [1.54, 1.807) is 0 Å². The molecule has 1 aliphatic rings. The van der Waals surface area contributed by atoms with E-state index in [0.717, 1.165) is 22.5 Å². The molecule has 2 N–H and O–H groups in total. The van der Waals surface area contributed by atoms with E-state index in [0.29, 0.717) is 6.54 Å². The Hall–Kier alpha value is 0.190. The predicted octanol–water partition coefficient (Wildman–Crippen LogP) is 4.41. The Morgan fingerprint density at radius 3 is 2.78 bits per heavy atom. The van der Waals surface area contributed by atoms with Crippen molar-refractivity contribution >= 4 is 44.2 Å². The molecule has 1 fully saturated rings. The fourth-order valence-corrected chi connectivity index (χ4v) is 4.01. The highest BCUT2D eigenvalue weighted by atomic mass is 127. The van der Waals surface area contributed by atoms with E-state index in [1.165, 1.54) is 29.3 Å². The molecule has 0 bridgehead atoms. The molecule has 0 aliphatic heterocycles. The van der Waals surface area contributed by atoms with Gasteiger partial charge in [-0.1, -0.05) is 25.7 Å². The first-order chi connectivity index (χ1) is 8.65. The van der Waals surface area contributed by atoms with E-state index < -0.39 is 0 Å². The molecule has 1 atom stereocenters. The minimum atomic E-state index is -0.237. The number of aliphatic hydroxyl groups excluding tert-OH is 1. The summed E-state index contributed by atoms with van der Waals surface area (Å²) in [6, 6.07) is 6.19. The van der Waals surface area contributed by atoms with Gasteiger partial charge in [-0.05, 0) is 69.1 Å². The van der Waals surface area contributed by atoms with Gasteiger partial charge in [-0.2, -0.15) is 0 Å². The summed E-state index contributed by atoms with van der Waals surface area (Å²) in [5.74, 6) is 0.738. The van der Waals surface area contributed by atoms with Gasteiger partial charge >= 0.3 is 0 Å². The van der Waals surface area contributed by atoms with Crippen molar-refractivity contribution in [3.05, 3.63) is 26.2 Å². The maximum Gasteiger partial charge on any atom is 0.0715 e. The molecule has 1 aromatic rings. The first-order valence-corrected chi connectivity index (χ1v) is 8.39. The molecule has 1 aromatic carbocycles. The highest BCUT2D eigenvalue weighted by Gasteiger charge is 2.18. The Labute approximate surface area is 131 Å². The van der Waals surface area contributed by atoms with Gasteiger partial charge < -0.3 is 10.4 Å². The maximum absolute atomic E-state index is 10.0. The minimum Gasteiger partial charge on any atom is -0.391 e. The third-order valence-corrected chi connectivity index (χ3v) is 4.87. The number of halogens is 2. The molecule has 2 rings (SSSR count). The van der Waals surface area contributed by atoms with Crippen molar-refractivity contribution in [1.29, 1.82) is 0 Å². The average molecular weight is 424 g/mol. The summed E-state index contributed by atoms with van der Waals surface area (Å²) in [5.41, 5.74) is 1.06. The number of hydrogen-bond acceptors (Lipinski definition) is 2. The van der Waals surface area contributed by atoms with E-state index >= 15 is 0 Å². The van der Waals surface area contributed by atoms with Crippen LogP contribution in [0, 0.1) is 9.49 Å². The van der Waals surface area contributed by atoms with Crippen LogP contribution in [0.15, 0.2) is 22.7 Å². The van der Waals surface area contributed by atoms with E-state index in [4.69, 9.17) is 0 Å². The van der Waals surface area contributed by atoms with Crippen molar-refractivity contribution in [3.8, 4) is 0 Å². The smallest absolute Gasteiger partial charge is 0.0715 e. The van der Waals surface area contributed by atoms with Gasteiger partial charge in [-0.15, -0.1) is 0 Å². The fraction of sp³-hybridized carbons (Fsp3) is 0.571. The van der Waals surface area contributed by atoms with Crippen molar-refractivity contribution in [1.82, 2.24) is 0 Å². The zero-order chi connectivity index (χ0) is 13.0. The summed E-state index contributed by atoms with van der Waals surface area (Å²) < 4.78 is 2.26. The van der Waals surface area contributed by atoms with Gasteiger partial charge in [0.15, 0.2) is 0 Å². The van der Waals surface area contributed by atoms with E-state index in [-0.39, 0.29) is 6.10 Å². The van der Waals surface area contributed by atoms with Crippen LogP contribution < -0.4 is 5.32 Å². The number of nitrogens with one attached hydrogen (secondary N) is 1. The molecule has 1 aliphatic carbocycles. The van der Waals surface area contributed by atoms with Crippen LogP contribution in [0.1, 0.15) is 32.1 Å². The van der Waals surface area contributed by atoms with Crippen molar-refractivity contribution in [3.63, 3.8) is 0 Å². The summed E-state index contributed by atoms with van der Waals surface area (Å²) in [6.07, 6.45) is 5.98. The molecule has 0 spiro atoms. The van der Waals surface area contributed by atoms with Crippen molar-refractivity contribution in [2.24, 2.45) is 5.92 Å². The molecule has 0 saturated heterocycles. The zero-order valence-electron chi connectivity index (χ0n) is 10.3.